The summed E-state index contributed by atoms with van der Waals surface area (Å²) in [6, 6.07) is 1.62. The van der Waals surface area contributed by atoms with E-state index in [1.54, 1.807) is 12.2 Å². The standard InChI is InChI=1S/C34H34F12P2/c35-31(36,37)22-14-23(32(38,39)40)17-28(16-22)48(29-18-24(33(41,42)43)15-25(19-29)34(44,45)46)30-13-7-8-21(30)20-47(26-9-3-1-4-10-26)27-11-5-2-6-12-27/h7-8,13-19,26-27,30H,1-6,9-12,20H2. The minimum atomic E-state index is -5.26. The molecule has 3 aliphatic carbocycles. The Labute approximate surface area is 273 Å². The van der Waals surface area contributed by atoms with Gasteiger partial charge >= 0.3 is 24.7 Å². The maximum atomic E-state index is 14.0. The lowest BCUT2D eigenvalue weighted by atomic mass is 9.99. The van der Waals surface area contributed by atoms with Gasteiger partial charge in [-0.25, -0.2) is 0 Å². The molecule has 264 valence electrons. The Morgan fingerprint density at radius 2 is 0.854 bits per heavy atom. The van der Waals surface area contributed by atoms with Crippen molar-refractivity contribution in [2.75, 3.05) is 6.16 Å². The third kappa shape index (κ3) is 8.80. The van der Waals surface area contributed by atoms with Crippen molar-refractivity contribution < 1.29 is 52.7 Å². The molecule has 0 radical (unpaired) electrons. The van der Waals surface area contributed by atoms with E-state index in [2.05, 4.69) is 0 Å². The molecule has 2 saturated carbocycles. The maximum absolute atomic E-state index is 14.0. The second-order valence-electron chi connectivity index (χ2n) is 12.7. The van der Waals surface area contributed by atoms with Crippen LogP contribution in [0.5, 0.6) is 0 Å². The Kier molecular flexibility index (Phi) is 11.1. The van der Waals surface area contributed by atoms with E-state index < -0.39 is 79.1 Å². The lowest BCUT2D eigenvalue weighted by Crippen LogP contribution is -2.28. The molecule has 14 heteroatoms. The summed E-state index contributed by atoms with van der Waals surface area (Å²) in [5, 5.41) is -1.19. The summed E-state index contributed by atoms with van der Waals surface area (Å²) in [5.74, 6) is 0. The Hall–Kier alpha value is -2.06. The molecule has 2 aromatic carbocycles. The Balaban J connectivity index is 1.69. The Morgan fingerprint density at radius 3 is 1.19 bits per heavy atom. The zero-order chi connectivity index (χ0) is 35.1. The van der Waals surface area contributed by atoms with Gasteiger partial charge in [0, 0.05) is 5.66 Å². The highest BCUT2D eigenvalue weighted by molar-refractivity contribution is 7.74. The topological polar surface area (TPSA) is 0 Å². The van der Waals surface area contributed by atoms with Crippen molar-refractivity contribution in [1.82, 2.24) is 0 Å². The van der Waals surface area contributed by atoms with Gasteiger partial charge in [0.15, 0.2) is 0 Å². The molecule has 0 bridgehead atoms. The molecule has 1 unspecified atom stereocenters. The molecule has 0 aromatic heterocycles. The van der Waals surface area contributed by atoms with Crippen molar-refractivity contribution in [2.24, 2.45) is 0 Å². The van der Waals surface area contributed by atoms with Crippen LogP contribution in [0, 0.1) is 0 Å². The van der Waals surface area contributed by atoms with Gasteiger partial charge in [0.05, 0.1) is 22.3 Å². The first-order valence-corrected chi connectivity index (χ1v) is 18.9. The lowest BCUT2D eigenvalue weighted by molar-refractivity contribution is -0.144. The van der Waals surface area contributed by atoms with E-state index >= 15 is 0 Å². The monoisotopic (exact) mass is 732 g/mol. The number of benzene rings is 2. The van der Waals surface area contributed by atoms with Crippen molar-refractivity contribution in [1.29, 1.82) is 0 Å². The molecule has 0 N–H and O–H groups in total. The first-order chi connectivity index (χ1) is 22.3. The van der Waals surface area contributed by atoms with Gasteiger partial charge in [0.2, 0.25) is 0 Å². The van der Waals surface area contributed by atoms with E-state index in [1.165, 1.54) is 6.08 Å². The number of hydrogen-bond acceptors (Lipinski definition) is 0. The van der Waals surface area contributed by atoms with Crippen molar-refractivity contribution in [2.45, 2.75) is 106 Å². The van der Waals surface area contributed by atoms with Gasteiger partial charge in [0.25, 0.3) is 0 Å². The fourth-order valence-corrected chi connectivity index (χ4v) is 14.0. The first-order valence-electron chi connectivity index (χ1n) is 15.8. The Bertz CT molecular complexity index is 1330. The van der Waals surface area contributed by atoms with Crippen LogP contribution >= 0.6 is 15.8 Å². The van der Waals surface area contributed by atoms with Crippen LogP contribution in [0.4, 0.5) is 52.7 Å². The molecule has 0 nitrogen and oxygen atoms in total. The summed E-state index contributed by atoms with van der Waals surface area (Å²) in [7, 11) is -3.37. The van der Waals surface area contributed by atoms with Crippen LogP contribution in [0.25, 0.3) is 0 Å². The molecule has 0 aliphatic heterocycles. The van der Waals surface area contributed by atoms with Crippen LogP contribution in [0.1, 0.15) is 86.5 Å². The zero-order valence-corrected chi connectivity index (χ0v) is 27.4. The quantitative estimate of drug-likeness (QED) is 0.196. The molecular weight excluding hydrogens is 698 g/mol. The van der Waals surface area contributed by atoms with Crippen molar-refractivity contribution in [3.63, 3.8) is 0 Å². The molecule has 48 heavy (non-hydrogen) atoms. The average Bonchev–Trinajstić information content (AvgIpc) is 3.46. The van der Waals surface area contributed by atoms with Crippen LogP contribution in [-0.2, 0) is 24.7 Å². The van der Waals surface area contributed by atoms with Gasteiger partial charge in [0.1, 0.15) is 0 Å². The summed E-state index contributed by atoms with van der Waals surface area (Å²) in [5.41, 5.74) is -6.29. The fraction of sp³-hybridized carbons (Fsp3) is 0.529. The van der Waals surface area contributed by atoms with Crippen LogP contribution < -0.4 is 10.6 Å². The number of rotatable bonds is 7. The van der Waals surface area contributed by atoms with Crippen LogP contribution in [0.3, 0.4) is 0 Å². The van der Waals surface area contributed by atoms with Gasteiger partial charge in [-0.2, -0.15) is 52.7 Å². The molecule has 5 rings (SSSR count). The predicted molar refractivity (Wildman–Crippen MR) is 166 cm³/mol. The molecule has 1 atom stereocenters. The highest BCUT2D eigenvalue weighted by Gasteiger charge is 2.42. The van der Waals surface area contributed by atoms with E-state index in [0.717, 1.165) is 64.2 Å². The fourth-order valence-electron chi connectivity index (χ4n) is 7.12. The normalized spacial score (nSPS) is 20.6. The third-order valence-corrected chi connectivity index (χ3v) is 15.7. The zero-order valence-electron chi connectivity index (χ0n) is 25.6. The Morgan fingerprint density at radius 1 is 0.500 bits per heavy atom. The summed E-state index contributed by atoms with van der Waals surface area (Å²) in [6.07, 6.45) is -5.45. The summed E-state index contributed by atoms with van der Waals surface area (Å²) < 4.78 is 168. The minimum absolute atomic E-state index is 0.0864. The number of alkyl halides is 12. The van der Waals surface area contributed by atoms with Crippen LogP contribution in [0.2, 0.25) is 0 Å². The molecule has 0 spiro atoms. The second-order valence-corrected chi connectivity index (χ2v) is 17.9. The second kappa shape index (κ2) is 14.3. The number of allylic oxidation sites excluding steroid dienone is 4. The van der Waals surface area contributed by atoms with Crippen molar-refractivity contribution in [3.05, 3.63) is 82.5 Å². The molecular formula is C34H34F12P2. The number of hydrogen-bond donors (Lipinski definition) is 0. The van der Waals surface area contributed by atoms with Gasteiger partial charge < -0.3 is 0 Å². The number of halogens is 12. The highest BCUT2D eigenvalue weighted by Crippen LogP contribution is 2.59. The predicted octanol–water partition coefficient (Wildman–Crippen LogP) is 12.2. The van der Waals surface area contributed by atoms with E-state index in [4.69, 9.17) is 0 Å². The van der Waals surface area contributed by atoms with Gasteiger partial charge in [-0.15, -0.1) is 0 Å². The third-order valence-electron chi connectivity index (χ3n) is 9.42. The summed E-state index contributed by atoms with van der Waals surface area (Å²) >= 11 is 0. The van der Waals surface area contributed by atoms with Crippen molar-refractivity contribution >= 4 is 26.5 Å². The smallest absolute Gasteiger partial charge is 0.166 e. The van der Waals surface area contributed by atoms with E-state index in [1.807, 2.05) is 0 Å². The van der Waals surface area contributed by atoms with E-state index in [9.17, 15) is 52.7 Å². The van der Waals surface area contributed by atoms with Crippen molar-refractivity contribution in [3.8, 4) is 0 Å². The maximum Gasteiger partial charge on any atom is 0.416 e. The van der Waals surface area contributed by atoms with Gasteiger partial charge in [-0.05, 0) is 98.1 Å². The molecule has 2 aromatic rings. The van der Waals surface area contributed by atoms with Crippen LogP contribution in [-0.4, -0.2) is 23.1 Å². The SMILES string of the molecule is FC(F)(F)c1cc(P(c2cc(C(F)(F)F)cc(C(F)(F)F)c2)C2C=CC=C2CP(C2CCCCC2)C2CCCCC2)cc(C(F)(F)F)c1. The highest BCUT2D eigenvalue weighted by atomic mass is 31.1. The first kappa shape index (κ1) is 37.2. The largest absolute Gasteiger partial charge is 0.416 e. The minimum Gasteiger partial charge on any atom is -0.166 e. The lowest BCUT2D eigenvalue weighted by Gasteiger charge is -2.40. The molecule has 0 amide bonds. The average molecular weight is 733 g/mol. The molecule has 0 heterocycles. The summed E-state index contributed by atoms with van der Waals surface area (Å²) in [6.45, 7) is 0. The molecule has 3 aliphatic rings. The molecule has 2 fully saturated rings. The van der Waals surface area contributed by atoms with E-state index in [0.29, 0.717) is 47.3 Å². The van der Waals surface area contributed by atoms with E-state index in [-0.39, 0.29) is 12.1 Å². The summed E-state index contributed by atoms with van der Waals surface area (Å²) in [4.78, 5) is 0. The van der Waals surface area contributed by atoms with Gasteiger partial charge in [-0.1, -0.05) is 70.2 Å². The molecule has 0 saturated heterocycles. The van der Waals surface area contributed by atoms with Gasteiger partial charge in [-0.3, -0.25) is 0 Å². The van der Waals surface area contributed by atoms with Crippen LogP contribution in [0.15, 0.2) is 60.2 Å².